The van der Waals surface area contributed by atoms with Crippen LogP contribution in [-0.4, -0.2) is 30.0 Å². The van der Waals surface area contributed by atoms with Gasteiger partial charge in [-0.1, -0.05) is 0 Å². The number of hydrogen-bond donors (Lipinski definition) is 2. The lowest BCUT2D eigenvalue weighted by atomic mass is 11.7. The van der Waals surface area contributed by atoms with Gasteiger partial charge < -0.3 is 9.66 Å². The summed E-state index contributed by atoms with van der Waals surface area (Å²) in [7, 11) is 0. The molecule has 0 bridgehead atoms. The molecule has 5 nitrogen and oxygen atoms in total. The SMILES string of the molecule is O=S(O)COS(=O)CO. The summed E-state index contributed by atoms with van der Waals surface area (Å²) in [5.74, 6) is -1.19. The van der Waals surface area contributed by atoms with E-state index in [1.807, 2.05) is 0 Å². The van der Waals surface area contributed by atoms with Gasteiger partial charge >= 0.3 is 0 Å². The van der Waals surface area contributed by atoms with E-state index in [4.69, 9.17) is 9.66 Å². The molecule has 2 unspecified atom stereocenters. The maximum absolute atomic E-state index is 10.1. The first-order valence-corrected chi connectivity index (χ1v) is 4.38. The minimum Gasteiger partial charge on any atom is -0.381 e. The summed E-state index contributed by atoms with van der Waals surface area (Å²) >= 11 is -3.96. The van der Waals surface area contributed by atoms with Crippen LogP contribution in [0.1, 0.15) is 0 Å². The van der Waals surface area contributed by atoms with Gasteiger partial charge in [0.05, 0.1) is 0 Å². The van der Waals surface area contributed by atoms with Gasteiger partial charge in [-0.05, 0) is 0 Å². The van der Waals surface area contributed by atoms with Crippen molar-refractivity contribution < 1.29 is 22.3 Å². The Labute approximate surface area is 57.0 Å². The summed E-state index contributed by atoms with van der Waals surface area (Å²) in [6, 6.07) is 0. The Bertz CT molecular complexity index is 122. The van der Waals surface area contributed by atoms with Crippen LogP contribution in [-0.2, 0) is 26.3 Å². The van der Waals surface area contributed by atoms with E-state index in [-0.39, 0.29) is 0 Å². The summed E-state index contributed by atoms with van der Waals surface area (Å²) in [6.07, 6.45) is 0. The van der Waals surface area contributed by atoms with Crippen LogP contribution >= 0.6 is 0 Å². The molecule has 0 aliphatic carbocycles. The Hall–Kier alpha value is 0.180. The lowest BCUT2D eigenvalue weighted by Gasteiger charge is -1.94. The Kier molecular flexibility index (Phi) is 5.10. The van der Waals surface area contributed by atoms with Gasteiger partial charge in [-0.3, -0.25) is 4.18 Å². The zero-order valence-corrected chi connectivity index (χ0v) is 5.98. The first kappa shape index (κ1) is 9.18. The molecular weight excluding hydrogens is 168 g/mol. The van der Waals surface area contributed by atoms with E-state index < -0.39 is 34.0 Å². The van der Waals surface area contributed by atoms with Gasteiger partial charge in [0.15, 0.2) is 28.1 Å². The van der Waals surface area contributed by atoms with Crippen molar-refractivity contribution >= 4 is 22.2 Å². The average Bonchev–Trinajstić information content (AvgIpc) is 1.83. The molecule has 0 rings (SSSR count). The van der Waals surface area contributed by atoms with Crippen LogP contribution in [0.4, 0.5) is 0 Å². The zero-order valence-electron chi connectivity index (χ0n) is 4.35. The Morgan fingerprint density at radius 3 is 2.33 bits per heavy atom. The molecular formula is C2H6O5S2. The second-order valence-corrected chi connectivity index (χ2v) is 2.97. The van der Waals surface area contributed by atoms with Crippen molar-refractivity contribution in [1.82, 2.24) is 0 Å². The predicted octanol–water partition coefficient (Wildman–Crippen LogP) is -1.20. The molecule has 9 heavy (non-hydrogen) atoms. The van der Waals surface area contributed by atoms with E-state index in [2.05, 4.69) is 4.18 Å². The first-order valence-electron chi connectivity index (χ1n) is 1.86. The topological polar surface area (TPSA) is 83.8 Å². The van der Waals surface area contributed by atoms with E-state index in [1.165, 1.54) is 0 Å². The molecule has 0 spiro atoms. The van der Waals surface area contributed by atoms with Gasteiger partial charge in [0.1, 0.15) is 5.94 Å². The molecule has 0 saturated heterocycles. The van der Waals surface area contributed by atoms with E-state index in [1.54, 1.807) is 0 Å². The van der Waals surface area contributed by atoms with Crippen LogP contribution in [0, 0.1) is 0 Å². The van der Waals surface area contributed by atoms with Crippen molar-refractivity contribution in [2.24, 2.45) is 0 Å². The van der Waals surface area contributed by atoms with Crippen LogP contribution in [0.5, 0.6) is 0 Å². The average molecular weight is 174 g/mol. The third-order valence-corrected chi connectivity index (χ3v) is 1.45. The van der Waals surface area contributed by atoms with Crippen molar-refractivity contribution in [2.75, 3.05) is 11.9 Å². The molecule has 0 saturated carbocycles. The Morgan fingerprint density at radius 2 is 2.00 bits per heavy atom. The molecule has 0 aromatic heterocycles. The lowest BCUT2D eigenvalue weighted by Crippen LogP contribution is -2.06. The Balaban J connectivity index is 3.28. The van der Waals surface area contributed by atoms with Crippen molar-refractivity contribution in [1.29, 1.82) is 0 Å². The van der Waals surface area contributed by atoms with Crippen LogP contribution in [0.15, 0.2) is 0 Å². The molecule has 0 aliphatic heterocycles. The molecule has 0 amide bonds. The molecule has 2 atom stereocenters. The van der Waals surface area contributed by atoms with Gasteiger partial charge in [0.25, 0.3) is 0 Å². The van der Waals surface area contributed by atoms with Crippen molar-refractivity contribution in [3.63, 3.8) is 0 Å². The second-order valence-electron chi connectivity index (χ2n) is 0.990. The summed E-state index contributed by atoms with van der Waals surface area (Å²) in [5.41, 5.74) is 0. The highest BCUT2D eigenvalue weighted by Crippen LogP contribution is 1.84. The third-order valence-electron chi connectivity index (χ3n) is 0.386. The van der Waals surface area contributed by atoms with Crippen molar-refractivity contribution in [3.05, 3.63) is 0 Å². The standard InChI is InChI=1S/C2H6O5S2/c3-1-9(6)7-2-8(4)5/h3H,1-2H2,(H,4,5). The summed E-state index contributed by atoms with van der Waals surface area (Å²) in [4.78, 5) is 0. The van der Waals surface area contributed by atoms with Gasteiger partial charge in [-0.25, -0.2) is 8.42 Å². The lowest BCUT2D eigenvalue weighted by molar-refractivity contribution is 0.330. The summed E-state index contributed by atoms with van der Waals surface area (Å²) < 4.78 is 32.1. The van der Waals surface area contributed by atoms with Crippen molar-refractivity contribution in [2.45, 2.75) is 0 Å². The summed E-state index contributed by atoms with van der Waals surface area (Å²) in [5, 5.41) is 8.04. The smallest absolute Gasteiger partial charge is 0.182 e. The maximum Gasteiger partial charge on any atom is 0.182 e. The monoisotopic (exact) mass is 174 g/mol. The molecule has 2 N–H and O–H groups in total. The van der Waals surface area contributed by atoms with Crippen LogP contribution in [0.25, 0.3) is 0 Å². The second kappa shape index (κ2) is 5.00. The predicted molar refractivity (Wildman–Crippen MR) is 32.0 cm³/mol. The van der Waals surface area contributed by atoms with Crippen LogP contribution < -0.4 is 0 Å². The van der Waals surface area contributed by atoms with E-state index in [9.17, 15) is 8.42 Å². The van der Waals surface area contributed by atoms with E-state index >= 15 is 0 Å². The number of aliphatic hydroxyl groups excluding tert-OH is 1. The zero-order chi connectivity index (χ0) is 7.28. The molecule has 0 fully saturated rings. The number of aliphatic hydroxyl groups is 1. The molecule has 0 aromatic rings. The fraction of sp³-hybridized carbons (Fsp3) is 1.00. The fourth-order valence-corrected chi connectivity index (χ4v) is 0.965. The molecule has 7 heteroatoms. The highest BCUT2D eigenvalue weighted by atomic mass is 32.2. The normalized spacial score (nSPS) is 17.1. The van der Waals surface area contributed by atoms with Crippen LogP contribution in [0.3, 0.4) is 0 Å². The van der Waals surface area contributed by atoms with Crippen molar-refractivity contribution in [3.8, 4) is 0 Å². The quantitative estimate of drug-likeness (QED) is 0.523. The maximum atomic E-state index is 10.1. The Morgan fingerprint density at radius 1 is 1.44 bits per heavy atom. The van der Waals surface area contributed by atoms with E-state index in [0.717, 1.165) is 0 Å². The highest BCUT2D eigenvalue weighted by Gasteiger charge is 1.98. The largest absolute Gasteiger partial charge is 0.381 e. The van der Waals surface area contributed by atoms with Gasteiger partial charge in [-0.2, -0.15) is 0 Å². The van der Waals surface area contributed by atoms with Gasteiger partial charge in [-0.15, -0.1) is 0 Å². The molecule has 56 valence electrons. The number of rotatable bonds is 4. The van der Waals surface area contributed by atoms with E-state index in [0.29, 0.717) is 0 Å². The van der Waals surface area contributed by atoms with Gasteiger partial charge in [0, 0.05) is 0 Å². The molecule has 0 heterocycles. The molecule has 0 aliphatic rings. The highest BCUT2D eigenvalue weighted by molar-refractivity contribution is 7.82. The first-order chi connectivity index (χ1) is 4.16. The summed E-state index contributed by atoms with van der Waals surface area (Å²) in [6.45, 7) is 0. The molecule has 0 aromatic carbocycles. The third kappa shape index (κ3) is 6.06. The van der Waals surface area contributed by atoms with Gasteiger partial charge in [0.2, 0.25) is 0 Å². The van der Waals surface area contributed by atoms with Crippen LogP contribution in [0.2, 0.25) is 0 Å². The fourth-order valence-electron chi connectivity index (χ4n) is 0.132. The number of hydrogen-bond acceptors (Lipinski definition) is 4. The minimum atomic E-state index is -2.11. The minimum absolute atomic E-state index is 0.535. The molecule has 0 radical (unpaired) electrons.